The molecule has 192 valence electrons. The molecule has 9 nitrogen and oxygen atoms in total. The fourth-order valence-electron chi connectivity index (χ4n) is 4.83. The second-order valence-corrected chi connectivity index (χ2v) is 9.57. The summed E-state index contributed by atoms with van der Waals surface area (Å²) in [5, 5.41) is 18.0. The molecule has 36 heavy (non-hydrogen) atoms. The van der Waals surface area contributed by atoms with Crippen LogP contribution in [0.4, 0.5) is 0 Å². The van der Waals surface area contributed by atoms with Crippen molar-refractivity contribution in [3.05, 3.63) is 45.0 Å². The number of carboxylic acids is 1. The summed E-state index contributed by atoms with van der Waals surface area (Å²) < 4.78 is 11.6. The molecule has 2 aromatic heterocycles. The number of carbonyl (C=O) groups excluding carboxylic acids is 3. The molecule has 3 aromatic rings. The van der Waals surface area contributed by atoms with Gasteiger partial charge in [-0.3, -0.25) is 9.59 Å². The monoisotopic (exact) mass is 495 g/mol. The Hall–Kier alpha value is -3.62. The van der Waals surface area contributed by atoms with Crippen LogP contribution in [-0.2, 0) is 33.6 Å². The highest BCUT2D eigenvalue weighted by Crippen LogP contribution is 2.35. The molecule has 9 heteroatoms. The molecule has 0 spiro atoms. The number of hydrogen-bond donors (Lipinski definition) is 2. The molecular formula is C27H31N2O7-. The van der Waals surface area contributed by atoms with Crippen LogP contribution >= 0.6 is 0 Å². The van der Waals surface area contributed by atoms with Gasteiger partial charge in [-0.1, -0.05) is 20.3 Å². The summed E-state index contributed by atoms with van der Waals surface area (Å²) in [6.07, 6.45) is 4.76. The van der Waals surface area contributed by atoms with Gasteiger partial charge >= 0.3 is 5.63 Å². The summed E-state index contributed by atoms with van der Waals surface area (Å²) >= 11 is 0. The molecule has 0 radical (unpaired) electrons. The normalized spacial score (nSPS) is 14.9. The van der Waals surface area contributed by atoms with Crippen LogP contribution in [0.1, 0.15) is 62.0 Å². The average Bonchev–Trinajstić information content (AvgIpc) is 3.21. The van der Waals surface area contributed by atoms with E-state index in [2.05, 4.69) is 10.6 Å². The lowest BCUT2D eigenvalue weighted by Gasteiger charge is -2.25. The molecule has 4 rings (SSSR count). The van der Waals surface area contributed by atoms with Crippen LogP contribution in [0.25, 0.3) is 21.9 Å². The molecular weight excluding hydrogens is 464 g/mol. The zero-order valence-electron chi connectivity index (χ0n) is 20.8. The zero-order chi connectivity index (χ0) is 26.0. The lowest BCUT2D eigenvalue weighted by molar-refractivity contribution is -0.309. The number of fused-ring (bicyclic) bond motifs is 4. The molecule has 2 heterocycles. The van der Waals surface area contributed by atoms with Gasteiger partial charge in [0.05, 0.1) is 18.6 Å². The summed E-state index contributed by atoms with van der Waals surface area (Å²) in [4.78, 5) is 48.4. The molecule has 1 aliphatic rings. The van der Waals surface area contributed by atoms with E-state index in [-0.39, 0.29) is 25.3 Å². The van der Waals surface area contributed by atoms with E-state index < -0.39 is 29.5 Å². The van der Waals surface area contributed by atoms with Gasteiger partial charge < -0.3 is 29.4 Å². The van der Waals surface area contributed by atoms with Crippen molar-refractivity contribution in [2.24, 2.45) is 5.92 Å². The van der Waals surface area contributed by atoms with Crippen molar-refractivity contribution in [2.75, 3.05) is 6.54 Å². The first-order valence-corrected chi connectivity index (χ1v) is 12.5. The van der Waals surface area contributed by atoms with Crippen molar-refractivity contribution >= 4 is 39.7 Å². The standard InChI is InChI=1S/C27H32N2O7/c1-4-14(2)25(26(32)33)29-24(31)13-28-23(30)10-9-16-15(3)18-11-19-17-7-5-6-8-20(17)35-22(19)12-21(18)36-27(16)34/h11-12,14,25H,4-10,13H2,1-3H3,(H,28,30)(H,29,31)(H,32,33)/p-1/t14-,25+/m1/s1. The van der Waals surface area contributed by atoms with E-state index >= 15 is 0 Å². The Bertz CT molecular complexity index is 1380. The molecule has 0 saturated heterocycles. The third-order valence-corrected chi connectivity index (χ3v) is 7.19. The number of aliphatic carboxylic acids is 1. The molecule has 0 fully saturated rings. The van der Waals surface area contributed by atoms with Crippen LogP contribution in [0.15, 0.2) is 25.8 Å². The quantitative estimate of drug-likeness (QED) is 0.433. The van der Waals surface area contributed by atoms with Crippen LogP contribution in [0.5, 0.6) is 0 Å². The van der Waals surface area contributed by atoms with Crippen molar-refractivity contribution in [1.82, 2.24) is 10.6 Å². The van der Waals surface area contributed by atoms with E-state index in [9.17, 15) is 24.3 Å². The van der Waals surface area contributed by atoms with Gasteiger partial charge in [0.25, 0.3) is 0 Å². The highest BCUT2D eigenvalue weighted by molar-refractivity contribution is 5.97. The molecule has 2 N–H and O–H groups in total. The summed E-state index contributed by atoms with van der Waals surface area (Å²) in [5.74, 6) is -1.72. The number of benzene rings is 1. The van der Waals surface area contributed by atoms with E-state index in [0.717, 1.165) is 53.4 Å². The van der Waals surface area contributed by atoms with Crippen LogP contribution in [0.3, 0.4) is 0 Å². The van der Waals surface area contributed by atoms with E-state index in [1.54, 1.807) is 13.0 Å². The first-order chi connectivity index (χ1) is 17.2. The number of nitrogens with one attached hydrogen (secondary N) is 2. The van der Waals surface area contributed by atoms with Gasteiger partial charge in [-0.15, -0.1) is 0 Å². The first-order valence-electron chi connectivity index (χ1n) is 12.5. The van der Waals surface area contributed by atoms with E-state index in [0.29, 0.717) is 17.6 Å². The van der Waals surface area contributed by atoms with Gasteiger partial charge in [-0.2, -0.15) is 0 Å². The van der Waals surface area contributed by atoms with Crippen molar-refractivity contribution in [2.45, 2.75) is 71.8 Å². The lowest BCUT2D eigenvalue weighted by Crippen LogP contribution is -2.53. The number of amides is 2. The largest absolute Gasteiger partial charge is 0.548 e. The zero-order valence-corrected chi connectivity index (χ0v) is 20.8. The molecule has 0 saturated carbocycles. The van der Waals surface area contributed by atoms with Crippen molar-refractivity contribution < 1.29 is 28.3 Å². The molecule has 0 bridgehead atoms. The Morgan fingerprint density at radius 3 is 2.50 bits per heavy atom. The Morgan fingerprint density at radius 2 is 1.78 bits per heavy atom. The van der Waals surface area contributed by atoms with Crippen LogP contribution < -0.4 is 21.4 Å². The van der Waals surface area contributed by atoms with Crippen LogP contribution in [0, 0.1) is 12.8 Å². The highest BCUT2D eigenvalue weighted by Gasteiger charge is 2.22. The predicted molar refractivity (Wildman–Crippen MR) is 131 cm³/mol. The van der Waals surface area contributed by atoms with Gasteiger partial charge in [0, 0.05) is 40.8 Å². The van der Waals surface area contributed by atoms with Crippen LogP contribution in [0.2, 0.25) is 0 Å². The smallest absolute Gasteiger partial charge is 0.339 e. The first kappa shape index (κ1) is 25.5. The Morgan fingerprint density at radius 1 is 1.06 bits per heavy atom. The van der Waals surface area contributed by atoms with Gasteiger partial charge in [-0.25, -0.2) is 4.79 Å². The minimum atomic E-state index is -1.37. The van der Waals surface area contributed by atoms with Gasteiger partial charge in [0.1, 0.15) is 16.9 Å². The third kappa shape index (κ3) is 5.15. The number of furan rings is 1. The number of carboxylic acid groups (broad SMARTS) is 1. The summed E-state index contributed by atoms with van der Waals surface area (Å²) in [7, 11) is 0. The number of hydrogen-bond acceptors (Lipinski definition) is 7. The third-order valence-electron chi connectivity index (χ3n) is 7.19. The second kappa shape index (κ2) is 10.6. The maximum absolute atomic E-state index is 12.7. The minimum Gasteiger partial charge on any atom is -0.548 e. The van der Waals surface area contributed by atoms with Gasteiger partial charge in [0.15, 0.2) is 0 Å². The predicted octanol–water partition coefficient (Wildman–Crippen LogP) is 2.06. The van der Waals surface area contributed by atoms with E-state index in [4.69, 9.17) is 8.83 Å². The Labute approximate surface area is 208 Å². The molecule has 0 aliphatic heterocycles. The summed E-state index contributed by atoms with van der Waals surface area (Å²) in [6.45, 7) is 4.98. The van der Waals surface area contributed by atoms with Crippen molar-refractivity contribution in [1.29, 1.82) is 0 Å². The minimum absolute atomic E-state index is 0.0248. The van der Waals surface area contributed by atoms with E-state index in [1.807, 2.05) is 19.9 Å². The molecule has 2 amide bonds. The van der Waals surface area contributed by atoms with Gasteiger partial charge in [-0.05, 0) is 50.2 Å². The summed E-state index contributed by atoms with van der Waals surface area (Å²) in [6, 6.07) is 2.65. The Balaban J connectivity index is 1.44. The molecule has 1 aliphatic carbocycles. The maximum Gasteiger partial charge on any atom is 0.339 e. The SMILES string of the molecule is CC[C@@H](C)[C@H](NC(=O)CNC(=O)CCc1c(C)c2cc3c4c(oc3cc2oc1=O)CCCC4)C(=O)[O-]. The average molecular weight is 496 g/mol. The van der Waals surface area contributed by atoms with Crippen molar-refractivity contribution in [3.8, 4) is 0 Å². The highest BCUT2D eigenvalue weighted by atomic mass is 16.4. The number of rotatable bonds is 9. The number of carbonyl (C=O) groups is 3. The fraction of sp³-hybridized carbons (Fsp3) is 0.481. The Kier molecular flexibility index (Phi) is 7.47. The number of aryl methyl sites for hydroxylation is 3. The molecule has 2 atom stereocenters. The summed E-state index contributed by atoms with van der Waals surface area (Å²) in [5.41, 5.74) is 3.04. The fourth-order valence-corrected chi connectivity index (χ4v) is 4.83. The van der Waals surface area contributed by atoms with Crippen molar-refractivity contribution in [3.63, 3.8) is 0 Å². The van der Waals surface area contributed by atoms with Crippen LogP contribution in [-0.4, -0.2) is 30.4 Å². The van der Waals surface area contributed by atoms with E-state index in [1.165, 1.54) is 5.56 Å². The second-order valence-electron chi connectivity index (χ2n) is 9.57. The molecule has 0 unspecified atom stereocenters. The lowest BCUT2D eigenvalue weighted by atomic mass is 9.94. The molecule has 1 aromatic carbocycles. The van der Waals surface area contributed by atoms with Gasteiger partial charge in [0.2, 0.25) is 11.8 Å². The maximum atomic E-state index is 12.7. The topological polar surface area (TPSA) is 142 Å².